The van der Waals surface area contributed by atoms with E-state index in [1.807, 2.05) is 0 Å². The van der Waals surface area contributed by atoms with Crippen LogP contribution in [0, 0.1) is 17.8 Å². The zero-order chi connectivity index (χ0) is 12.1. The van der Waals surface area contributed by atoms with E-state index in [1.165, 1.54) is 19.3 Å². The summed E-state index contributed by atoms with van der Waals surface area (Å²) in [5, 5.41) is 0. The molecule has 0 amide bonds. The van der Waals surface area contributed by atoms with Crippen molar-refractivity contribution in [2.24, 2.45) is 23.5 Å². The van der Waals surface area contributed by atoms with Crippen LogP contribution in [0.3, 0.4) is 0 Å². The average molecular weight is 225 g/mol. The largest absolute Gasteiger partial charge is 0.327 e. The first-order valence-corrected chi connectivity index (χ1v) is 6.82. The van der Waals surface area contributed by atoms with Crippen LogP contribution in [0.4, 0.5) is 0 Å². The Hall–Kier alpha value is -0.370. The summed E-state index contributed by atoms with van der Waals surface area (Å²) in [6.07, 6.45) is 6.53. The maximum Gasteiger partial charge on any atom is 0.137 e. The molecule has 0 aromatic carbocycles. The third-order valence-electron chi connectivity index (χ3n) is 4.17. The molecule has 16 heavy (non-hydrogen) atoms. The highest BCUT2D eigenvalue weighted by Gasteiger charge is 2.26. The minimum absolute atomic E-state index is 0.0522. The van der Waals surface area contributed by atoms with Crippen LogP contribution in [-0.2, 0) is 4.79 Å². The highest BCUT2D eigenvalue weighted by Crippen LogP contribution is 2.31. The molecule has 1 aliphatic rings. The first-order valence-electron chi connectivity index (χ1n) is 6.82. The van der Waals surface area contributed by atoms with Crippen molar-refractivity contribution < 1.29 is 4.79 Å². The highest BCUT2D eigenvalue weighted by atomic mass is 16.1. The van der Waals surface area contributed by atoms with Crippen molar-refractivity contribution in [3.63, 3.8) is 0 Å². The lowest BCUT2D eigenvalue weighted by Gasteiger charge is -2.28. The zero-order valence-corrected chi connectivity index (χ0v) is 11.0. The SMILES string of the molecule is CCC1CCC(C(=O)CC(N)C(C)C)CC1. The third-order valence-corrected chi connectivity index (χ3v) is 4.17. The summed E-state index contributed by atoms with van der Waals surface area (Å²) in [7, 11) is 0. The molecule has 0 heterocycles. The molecule has 1 fully saturated rings. The fraction of sp³-hybridized carbons (Fsp3) is 0.929. The summed E-state index contributed by atoms with van der Waals surface area (Å²) in [5.74, 6) is 2.00. The van der Waals surface area contributed by atoms with Crippen LogP contribution >= 0.6 is 0 Å². The number of ketones is 1. The zero-order valence-electron chi connectivity index (χ0n) is 11.0. The maximum absolute atomic E-state index is 12.0. The van der Waals surface area contributed by atoms with Crippen molar-refractivity contribution in [3.05, 3.63) is 0 Å². The van der Waals surface area contributed by atoms with Crippen LogP contribution in [0.1, 0.15) is 59.3 Å². The van der Waals surface area contributed by atoms with Crippen LogP contribution in [0.5, 0.6) is 0 Å². The molecule has 0 bridgehead atoms. The van der Waals surface area contributed by atoms with Crippen molar-refractivity contribution in [1.29, 1.82) is 0 Å². The van der Waals surface area contributed by atoms with Gasteiger partial charge in [0.15, 0.2) is 0 Å². The fourth-order valence-electron chi connectivity index (χ4n) is 2.53. The molecule has 94 valence electrons. The van der Waals surface area contributed by atoms with Gasteiger partial charge >= 0.3 is 0 Å². The summed E-state index contributed by atoms with van der Waals surface area (Å²) >= 11 is 0. The number of Topliss-reactive ketones (excluding diaryl/α,β-unsaturated/α-hetero) is 1. The standard InChI is InChI=1S/C14H27NO/c1-4-11-5-7-12(8-6-11)14(16)9-13(15)10(2)3/h10-13H,4-9,15H2,1-3H3. The Labute approximate surface area is 100.0 Å². The van der Waals surface area contributed by atoms with Gasteiger partial charge in [0.1, 0.15) is 5.78 Å². The molecule has 1 saturated carbocycles. The molecule has 1 unspecified atom stereocenters. The minimum Gasteiger partial charge on any atom is -0.327 e. The second kappa shape index (κ2) is 6.39. The Kier molecular flexibility index (Phi) is 5.47. The van der Waals surface area contributed by atoms with Crippen LogP contribution in [0.25, 0.3) is 0 Å². The normalized spacial score (nSPS) is 28.1. The molecular weight excluding hydrogens is 198 g/mol. The quantitative estimate of drug-likeness (QED) is 0.781. The van der Waals surface area contributed by atoms with Crippen molar-refractivity contribution in [3.8, 4) is 0 Å². The Morgan fingerprint density at radius 1 is 1.25 bits per heavy atom. The molecule has 0 radical (unpaired) electrons. The van der Waals surface area contributed by atoms with Gasteiger partial charge in [-0.1, -0.05) is 27.2 Å². The fourth-order valence-corrected chi connectivity index (χ4v) is 2.53. The second-order valence-corrected chi connectivity index (χ2v) is 5.70. The van der Waals surface area contributed by atoms with E-state index in [-0.39, 0.29) is 6.04 Å². The van der Waals surface area contributed by atoms with E-state index in [0.717, 1.165) is 18.8 Å². The van der Waals surface area contributed by atoms with Crippen LogP contribution in [-0.4, -0.2) is 11.8 Å². The Balaban J connectivity index is 2.33. The molecule has 2 N–H and O–H groups in total. The predicted octanol–water partition coefficient (Wildman–Crippen LogP) is 3.15. The smallest absolute Gasteiger partial charge is 0.137 e. The lowest BCUT2D eigenvalue weighted by molar-refractivity contribution is -0.124. The van der Waals surface area contributed by atoms with Crippen molar-refractivity contribution in [2.45, 2.75) is 65.3 Å². The Morgan fingerprint density at radius 3 is 2.25 bits per heavy atom. The van der Waals surface area contributed by atoms with Crippen LogP contribution < -0.4 is 5.73 Å². The monoisotopic (exact) mass is 225 g/mol. The van der Waals surface area contributed by atoms with Gasteiger partial charge in [0.05, 0.1) is 0 Å². The molecule has 0 aliphatic heterocycles. The summed E-state index contributed by atoms with van der Waals surface area (Å²) in [4.78, 5) is 12.0. The van der Waals surface area contributed by atoms with Gasteiger partial charge in [-0.2, -0.15) is 0 Å². The molecule has 0 aromatic heterocycles. The lowest BCUT2D eigenvalue weighted by atomic mass is 9.77. The predicted molar refractivity (Wildman–Crippen MR) is 68.2 cm³/mol. The van der Waals surface area contributed by atoms with Crippen LogP contribution in [0.15, 0.2) is 0 Å². The summed E-state index contributed by atoms with van der Waals surface area (Å²) in [5.41, 5.74) is 5.96. The van der Waals surface area contributed by atoms with E-state index >= 15 is 0 Å². The Bertz CT molecular complexity index is 217. The van der Waals surface area contributed by atoms with Crippen molar-refractivity contribution >= 4 is 5.78 Å². The minimum atomic E-state index is 0.0522. The molecule has 0 saturated heterocycles. The third kappa shape index (κ3) is 3.89. The van der Waals surface area contributed by atoms with Gasteiger partial charge < -0.3 is 5.73 Å². The van der Waals surface area contributed by atoms with E-state index in [0.29, 0.717) is 24.0 Å². The molecule has 2 heteroatoms. The van der Waals surface area contributed by atoms with E-state index in [4.69, 9.17) is 5.73 Å². The number of carbonyl (C=O) groups excluding carboxylic acids is 1. The second-order valence-electron chi connectivity index (χ2n) is 5.70. The molecular formula is C14H27NO. The summed E-state index contributed by atoms with van der Waals surface area (Å²) < 4.78 is 0. The molecule has 1 atom stereocenters. The topological polar surface area (TPSA) is 43.1 Å². The van der Waals surface area contributed by atoms with Gasteiger partial charge in [0, 0.05) is 18.4 Å². The van der Waals surface area contributed by atoms with Gasteiger partial charge in [-0.25, -0.2) is 0 Å². The van der Waals surface area contributed by atoms with Crippen LogP contribution in [0.2, 0.25) is 0 Å². The number of nitrogens with two attached hydrogens (primary N) is 1. The first-order chi connectivity index (χ1) is 7.54. The lowest BCUT2D eigenvalue weighted by Crippen LogP contribution is -2.32. The average Bonchev–Trinajstić information content (AvgIpc) is 2.28. The van der Waals surface area contributed by atoms with Gasteiger partial charge in [0.2, 0.25) is 0 Å². The molecule has 1 aliphatic carbocycles. The van der Waals surface area contributed by atoms with Crippen molar-refractivity contribution in [1.82, 2.24) is 0 Å². The molecule has 0 aromatic rings. The van der Waals surface area contributed by atoms with Gasteiger partial charge in [-0.3, -0.25) is 4.79 Å². The van der Waals surface area contributed by atoms with E-state index in [2.05, 4.69) is 20.8 Å². The van der Waals surface area contributed by atoms with E-state index in [1.54, 1.807) is 0 Å². The van der Waals surface area contributed by atoms with E-state index < -0.39 is 0 Å². The number of rotatable bonds is 5. The maximum atomic E-state index is 12.0. The summed E-state index contributed by atoms with van der Waals surface area (Å²) in [6.45, 7) is 6.43. The van der Waals surface area contributed by atoms with Crippen molar-refractivity contribution in [2.75, 3.05) is 0 Å². The molecule has 2 nitrogen and oxygen atoms in total. The summed E-state index contributed by atoms with van der Waals surface area (Å²) in [6, 6.07) is 0.0522. The number of hydrogen-bond donors (Lipinski definition) is 1. The highest BCUT2D eigenvalue weighted by molar-refractivity contribution is 5.81. The molecule has 1 rings (SSSR count). The van der Waals surface area contributed by atoms with E-state index in [9.17, 15) is 4.79 Å². The number of hydrogen-bond acceptors (Lipinski definition) is 2. The first kappa shape index (κ1) is 13.7. The van der Waals surface area contributed by atoms with Gasteiger partial charge in [0.25, 0.3) is 0 Å². The van der Waals surface area contributed by atoms with Gasteiger partial charge in [-0.15, -0.1) is 0 Å². The Morgan fingerprint density at radius 2 is 1.81 bits per heavy atom. The molecule has 0 spiro atoms. The van der Waals surface area contributed by atoms with Gasteiger partial charge in [-0.05, 0) is 37.5 Å². The number of carbonyl (C=O) groups is 1.